The van der Waals surface area contributed by atoms with Crippen molar-refractivity contribution in [3.05, 3.63) is 0 Å². The van der Waals surface area contributed by atoms with Crippen LogP contribution >= 0.6 is 0 Å². The quantitative estimate of drug-likeness (QED) is 0.721. The number of amides is 1. The molecule has 0 radical (unpaired) electrons. The molecule has 0 aromatic carbocycles. The van der Waals surface area contributed by atoms with E-state index in [4.69, 9.17) is 0 Å². The zero-order chi connectivity index (χ0) is 10.8. The summed E-state index contributed by atoms with van der Waals surface area (Å²) in [5.41, 5.74) is 0. The van der Waals surface area contributed by atoms with E-state index in [2.05, 4.69) is 24.5 Å². The van der Waals surface area contributed by atoms with Crippen molar-refractivity contribution >= 4 is 5.91 Å². The highest BCUT2D eigenvalue weighted by Crippen LogP contribution is 2.28. The van der Waals surface area contributed by atoms with E-state index in [-0.39, 0.29) is 11.9 Å². The zero-order valence-electron chi connectivity index (χ0n) is 9.75. The first-order chi connectivity index (χ1) is 7.15. The molecule has 0 bridgehead atoms. The Labute approximate surface area is 92.0 Å². The van der Waals surface area contributed by atoms with E-state index in [0.29, 0.717) is 6.04 Å². The van der Waals surface area contributed by atoms with Crippen LogP contribution in [0.15, 0.2) is 0 Å². The first kappa shape index (κ1) is 10.9. The molecule has 3 heteroatoms. The minimum atomic E-state index is 0.0949. The Bertz CT molecular complexity index is 228. The van der Waals surface area contributed by atoms with Crippen LogP contribution < -0.4 is 10.6 Å². The fourth-order valence-corrected chi connectivity index (χ4v) is 2.88. The van der Waals surface area contributed by atoms with Gasteiger partial charge in [0, 0.05) is 6.04 Å². The molecule has 0 aromatic heterocycles. The van der Waals surface area contributed by atoms with Gasteiger partial charge in [0.2, 0.25) is 5.91 Å². The molecule has 1 aliphatic carbocycles. The molecular weight excluding hydrogens is 188 g/mol. The van der Waals surface area contributed by atoms with Crippen LogP contribution in [-0.4, -0.2) is 24.5 Å². The second-order valence-electron chi connectivity index (χ2n) is 5.42. The average Bonchev–Trinajstić information content (AvgIpc) is 1.96. The van der Waals surface area contributed by atoms with Gasteiger partial charge < -0.3 is 10.6 Å². The minimum Gasteiger partial charge on any atom is -0.352 e. The Morgan fingerprint density at radius 1 is 1.20 bits per heavy atom. The van der Waals surface area contributed by atoms with E-state index in [0.717, 1.165) is 37.6 Å². The molecule has 1 heterocycles. The number of rotatable bonds is 2. The fraction of sp³-hybridized carbons (Fsp3) is 0.917. The summed E-state index contributed by atoms with van der Waals surface area (Å²) in [7, 11) is 0. The zero-order valence-corrected chi connectivity index (χ0v) is 9.75. The van der Waals surface area contributed by atoms with Crippen LogP contribution in [0.25, 0.3) is 0 Å². The van der Waals surface area contributed by atoms with Gasteiger partial charge >= 0.3 is 0 Å². The van der Waals surface area contributed by atoms with E-state index >= 15 is 0 Å². The van der Waals surface area contributed by atoms with Crippen molar-refractivity contribution in [2.75, 3.05) is 6.54 Å². The Morgan fingerprint density at radius 3 is 2.27 bits per heavy atom. The normalized spacial score (nSPS) is 40.7. The molecule has 2 unspecified atom stereocenters. The van der Waals surface area contributed by atoms with E-state index in [1.54, 1.807) is 0 Å². The van der Waals surface area contributed by atoms with Gasteiger partial charge in [0.15, 0.2) is 0 Å². The predicted octanol–water partition coefficient (Wildman–Crippen LogP) is 1.29. The maximum Gasteiger partial charge on any atom is 0.237 e. The Kier molecular flexibility index (Phi) is 3.29. The van der Waals surface area contributed by atoms with Crippen LogP contribution in [0.2, 0.25) is 0 Å². The predicted molar refractivity (Wildman–Crippen MR) is 60.5 cm³/mol. The van der Waals surface area contributed by atoms with Crippen LogP contribution in [0, 0.1) is 11.8 Å². The molecule has 1 aliphatic heterocycles. The molecule has 15 heavy (non-hydrogen) atoms. The van der Waals surface area contributed by atoms with Gasteiger partial charge in [-0.3, -0.25) is 4.79 Å². The fourth-order valence-electron chi connectivity index (χ4n) is 2.88. The largest absolute Gasteiger partial charge is 0.352 e. The second-order valence-corrected chi connectivity index (χ2v) is 5.42. The maximum atomic E-state index is 11.7. The number of nitrogens with one attached hydrogen (secondary N) is 2. The molecule has 2 rings (SSSR count). The molecule has 3 atom stereocenters. The third-order valence-corrected chi connectivity index (χ3v) is 3.67. The van der Waals surface area contributed by atoms with Crippen molar-refractivity contribution in [2.45, 2.75) is 51.6 Å². The van der Waals surface area contributed by atoms with E-state index in [1.807, 2.05) is 0 Å². The molecule has 2 N–H and O–H groups in total. The average molecular weight is 210 g/mol. The third-order valence-electron chi connectivity index (χ3n) is 3.67. The summed E-state index contributed by atoms with van der Waals surface area (Å²) in [6, 6.07) is 0.510. The Morgan fingerprint density at radius 2 is 1.80 bits per heavy atom. The number of carbonyl (C=O) groups excluding carboxylic acids is 1. The summed E-state index contributed by atoms with van der Waals surface area (Å²) < 4.78 is 0. The van der Waals surface area contributed by atoms with Crippen molar-refractivity contribution in [3.8, 4) is 0 Å². The molecule has 2 aliphatic rings. The van der Waals surface area contributed by atoms with Gasteiger partial charge in [-0.15, -0.1) is 0 Å². The van der Waals surface area contributed by atoms with E-state index in [9.17, 15) is 4.79 Å². The van der Waals surface area contributed by atoms with Crippen LogP contribution in [0.3, 0.4) is 0 Å². The van der Waals surface area contributed by atoms with Crippen molar-refractivity contribution in [1.29, 1.82) is 0 Å². The third kappa shape index (κ3) is 2.71. The lowest BCUT2D eigenvalue weighted by Gasteiger charge is -2.34. The summed E-state index contributed by atoms with van der Waals surface area (Å²) in [6.45, 7) is 5.57. The van der Waals surface area contributed by atoms with E-state index < -0.39 is 0 Å². The number of carbonyl (C=O) groups is 1. The molecular formula is C12H22N2O. The number of hydrogen-bond donors (Lipinski definition) is 2. The summed E-state index contributed by atoms with van der Waals surface area (Å²) in [4.78, 5) is 11.7. The van der Waals surface area contributed by atoms with Crippen molar-refractivity contribution in [2.24, 2.45) is 11.8 Å². The van der Waals surface area contributed by atoms with Gasteiger partial charge in [-0.1, -0.05) is 13.8 Å². The molecule has 0 spiro atoms. The van der Waals surface area contributed by atoms with Gasteiger partial charge in [0.05, 0.1) is 6.04 Å². The van der Waals surface area contributed by atoms with Gasteiger partial charge in [-0.25, -0.2) is 0 Å². The Hall–Kier alpha value is -0.570. The lowest BCUT2D eigenvalue weighted by Crippen LogP contribution is -2.55. The molecule has 0 aromatic rings. The van der Waals surface area contributed by atoms with Crippen molar-refractivity contribution < 1.29 is 4.79 Å². The Balaban J connectivity index is 1.80. The maximum absolute atomic E-state index is 11.7. The summed E-state index contributed by atoms with van der Waals surface area (Å²) in [5, 5.41) is 6.33. The standard InChI is InChI=1S/C12H22N2O/c1-8-5-9(2)7-10(6-8)14-12(15)11-3-4-13-11/h8-11,13H,3-7H2,1-2H3,(H,14,15)/t8?,9?,10?,11-/m1/s1. The van der Waals surface area contributed by atoms with Crippen LogP contribution in [0.5, 0.6) is 0 Å². The summed E-state index contributed by atoms with van der Waals surface area (Å²) in [6.07, 6.45) is 4.63. The van der Waals surface area contributed by atoms with Crippen molar-refractivity contribution in [3.63, 3.8) is 0 Å². The van der Waals surface area contributed by atoms with Gasteiger partial charge in [-0.05, 0) is 44.1 Å². The summed E-state index contributed by atoms with van der Waals surface area (Å²) >= 11 is 0. The molecule has 1 saturated carbocycles. The van der Waals surface area contributed by atoms with E-state index in [1.165, 1.54) is 6.42 Å². The highest BCUT2D eigenvalue weighted by molar-refractivity contribution is 5.82. The monoisotopic (exact) mass is 210 g/mol. The minimum absolute atomic E-state index is 0.0949. The molecule has 1 amide bonds. The van der Waals surface area contributed by atoms with Gasteiger partial charge in [0.25, 0.3) is 0 Å². The molecule has 1 saturated heterocycles. The summed E-state index contributed by atoms with van der Waals surface area (Å²) in [5.74, 6) is 1.73. The van der Waals surface area contributed by atoms with Crippen LogP contribution in [0.1, 0.15) is 39.5 Å². The number of hydrogen-bond acceptors (Lipinski definition) is 2. The highest BCUT2D eigenvalue weighted by Gasteiger charge is 2.29. The first-order valence-corrected chi connectivity index (χ1v) is 6.19. The second kappa shape index (κ2) is 4.52. The molecule has 3 nitrogen and oxygen atoms in total. The smallest absolute Gasteiger partial charge is 0.237 e. The topological polar surface area (TPSA) is 41.1 Å². The highest BCUT2D eigenvalue weighted by atomic mass is 16.2. The lowest BCUT2D eigenvalue weighted by molar-refractivity contribution is -0.125. The lowest BCUT2D eigenvalue weighted by atomic mass is 9.80. The SMILES string of the molecule is CC1CC(C)CC(NC(=O)[C@H]2CCN2)C1. The van der Waals surface area contributed by atoms with Gasteiger partial charge in [0.1, 0.15) is 0 Å². The van der Waals surface area contributed by atoms with Crippen molar-refractivity contribution in [1.82, 2.24) is 10.6 Å². The van der Waals surface area contributed by atoms with Crippen LogP contribution in [0.4, 0.5) is 0 Å². The molecule has 86 valence electrons. The first-order valence-electron chi connectivity index (χ1n) is 6.19. The van der Waals surface area contributed by atoms with Gasteiger partial charge in [-0.2, -0.15) is 0 Å². The van der Waals surface area contributed by atoms with Crippen LogP contribution in [-0.2, 0) is 4.79 Å². The molecule has 2 fully saturated rings.